The summed E-state index contributed by atoms with van der Waals surface area (Å²) in [6.45, 7) is 4.37. The summed E-state index contributed by atoms with van der Waals surface area (Å²) in [6.07, 6.45) is 6.02. The SMILES string of the molecule is O=C1N2CCCCCC2N(CCO)N1CCN1CCC(=C(c2ccc(F)cc2)c2ccc(F)cc2)CC1. The standard InChI is InChI=1S/C29H36F2N4O2/c30-25-9-5-22(6-10-25)28(23-7-11-26(31)12-8-23)24-13-16-32(17-14-24)18-19-35-29(37)33-15-3-1-2-4-27(33)34(35)20-21-36/h5-12,27,36H,1-4,13-21H2. The molecule has 3 fully saturated rings. The predicted octanol–water partition coefficient (Wildman–Crippen LogP) is 4.71. The highest BCUT2D eigenvalue weighted by Crippen LogP contribution is 2.33. The number of likely N-dealkylation sites (tertiary alicyclic amines) is 1. The van der Waals surface area contributed by atoms with Crippen LogP contribution in [0.15, 0.2) is 54.1 Å². The minimum absolute atomic E-state index is 0.0293. The zero-order valence-corrected chi connectivity index (χ0v) is 21.3. The van der Waals surface area contributed by atoms with Gasteiger partial charge in [-0.05, 0) is 73.1 Å². The van der Waals surface area contributed by atoms with E-state index in [-0.39, 0.29) is 30.4 Å². The number of carbonyl (C=O) groups is 1. The number of amides is 2. The second-order valence-corrected chi connectivity index (χ2v) is 10.1. The van der Waals surface area contributed by atoms with E-state index in [0.717, 1.165) is 81.4 Å². The van der Waals surface area contributed by atoms with Gasteiger partial charge in [0.1, 0.15) is 17.8 Å². The van der Waals surface area contributed by atoms with E-state index in [1.807, 2.05) is 9.91 Å². The molecule has 1 unspecified atom stereocenters. The van der Waals surface area contributed by atoms with E-state index in [1.54, 1.807) is 24.3 Å². The topological polar surface area (TPSA) is 50.3 Å². The molecule has 37 heavy (non-hydrogen) atoms. The van der Waals surface area contributed by atoms with Crippen LogP contribution in [0.25, 0.3) is 5.57 Å². The molecular formula is C29H36F2N4O2. The number of benzene rings is 2. The van der Waals surface area contributed by atoms with E-state index < -0.39 is 0 Å². The first-order valence-electron chi connectivity index (χ1n) is 13.5. The van der Waals surface area contributed by atoms with E-state index in [9.17, 15) is 18.7 Å². The quantitative estimate of drug-likeness (QED) is 0.586. The van der Waals surface area contributed by atoms with Gasteiger partial charge < -0.3 is 14.9 Å². The third kappa shape index (κ3) is 5.71. The first-order chi connectivity index (χ1) is 18.0. The van der Waals surface area contributed by atoms with Crippen LogP contribution in [0.2, 0.25) is 0 Å². The highest BCUT2D eigenvalue weighted by atomic mass is 19.1. The molecule has 1 N–H and O–H groups in total. The number of nitrogens with zero attached hydrogens (tertiary/aromatic N) is 4. The van der Waals surface area contributed by atoms with Crippen molar-refractivity contribution in [2.45, 2.75) is 44.7 Å². The van der Waals surface area contributed by atoms with Gasteiger partial charge in [-0.15, -0.1) is 0 Å². The zero-order chi connectivity index (χ0) is 25.8. The molecule has 198 valence electrons. The molecule has 0 aliphatic carbocycles. The summed E-state index contributed by atoms with van der Waals surface area (Å²) in [5.74, 6) is -0.555. The molecule has 8 heteroatoms. The molecule has 0 bridgehead atoms. The maximum absolute atomic E-state index is 13.6. The third-order valence-electron chi connectivity index (χ3n) is 7.88. The molecule has 0 spiro atoms. The van der Waals surface area contributed by atoms with Gasteiger partial charge in [0.05, 0.1) is 13.2 Å². The Hall–Kier alpha value is -2.81. The van der Waals surface area contributed by atoms with E-state index in [0.29, 0.717) is 13.1 Å². The minimum Gasteiger partial charge on any atom is -0.395 e. The lowest BCUT2D eigenvalue weighted by Crippen LogP contribution is -2.47. The highest BCUT2D eigenvalue weighted by Gasteiger charge is 2.43. The number of aliphatic hydroxyl groups excluding tert-OH is 1. The number of β-amino-alcohol motifs (C(OH)–C–C–N with tert-alkyl or cyclic N) is 1. The van der Waals surface area contributed by atoms with Crippen molar-refractivity contribution in [3.05, 3.63) is 76.9 Å². The number of halogens is 2. The Balaban J connectivity index is 1.27. The summed E-state index contributed by atoms with van der Waals surface area (Å²) >= 11 is 0. The molecule has 3 heterocycles. The van der Waals surface area contributed by atoms with Gasteiger partial charge in [0, 0.05) is 32.7 Å². The molecule has 0 aromatic heterocycles. The summed E-state index contributed by atoms with van der Waals surface area (Å²) in [6, 6.07) is 13.1. The first kappa shape index (κ1) is 25.8. The Morgan fingerprint density at radius 2 is 1.43 bits per heavy atom. The molecule has 2 aromatic rings. The number of carbonyl (C=O) groups excluding carboxylic acids is 1. The molecule has 6 nitrogen and oxygen atoms in total. The molecular weight excluding hydrogens is 474 g/mol. The van der Waals surface area contributed by atoms with Crippen LogP contribution in [0.1, 0.15) is 49.7 Å². The predicted molar refractivity (Wildman–Crippen MR) is 139 cm³/mol. The number of piperidine rings is 1. The lowest BCUT2D eigenvalue weighted by molar-refractivity contribution is -0.0148. The number of aliphatic hydroxyl groups is 1. The molecule has 3 aliphatic heterocycles. The number of hydrogen-bond donors (Lipinski definition) is 1. The molecule has 2 amide bonds. The van der Waals surface area contributed by atoms with E-state index in [4.69, 9.17) is 0 Å². The Bertz CT molecular complexity index is 1050. The van der Waals surface area contributed by atoms with Crippen LogP contribution >= 0.6 is 0 Å². The van der Waals surface area contributed by atoms with Gasteiger partial charge >= 0.3 is 6.03 Å². The van der Waals surface area contributed by atoms with Crippen molar-refractivity contribution in [2.24, 2.45) is 0 Å². The fraction of sp³-hybridized carbons (Fsp3) is 0.483. The highest BCUT2D eigenvalue weighted by molar-refractivity contribution is 5.82. The van der Waals surface area contributed by atoms with E-state index >= 15 is 0 Å². The molecule has 0 radical (unpaired) electrons. The van der Waals surface area contributed by atoms with Gasteiger partial charge in [-0.3, -0.25) is 5.01 Å². The Labute approximate surface area is 217 Å². The van der Waals surface area contributed by atoms with Gasteiger partial charge in [-0.25, -0.2) is 13.6 Å². The van der Waals surface area contributed by atoms with E-state index in [1.165, 1.54) is 29.8 Å². The van der Waals surface area contributed by atoms with Crippen molar-refractivity contribution in [3.63, 3.8) is 0 Å². The molecule has 3 saturated heterocycles. The normalized spacial score (nSPS) is 21.3. The lowest BCUT2D eigenvalue weighted by atomic mass is 9.88. The fourth-order valence-corrected chi connectivity index (χ4v) is 5.98. The van der Waals surface area contributed by atoms with Crippen LogP contribution in [0.5, 0.6) is 0 Å². The van der Waals surface area contributed by atoms with Gasteiger partial charge in [0.2, 0.25) is 0 Å². The molecule has 3 aliphatic rings. The Morgan fingerprint density at radius 3 is 2.03 bits per heavy atom. The number of fused-ring (bicyclic) bond motifs is 1. The number of hydrogen-bond acceptors (Lipinski definition) is 4. The van der Waals surface area contributed by atoms with Crippen LogP contribution < -0.4 is 0 Å². The minimum atomic E-state index is -0.277. The number of urea groups is 1. The average Bonchev–Trinajstić information content (AvgIpc) is 3.05. The molecule has 5 rings (SSSR count). The van der Waals surface area contributed by atoms with Gasteiger partial charge in [-0.2, -0.15) is 5.01 Å². The summed E-state index contributed by atoms with van der Waals surface area (Å²) in [5, 5.41) is 13.6. The largest absolute Gasteiger partial charge is 0.395 e. The van der Waals surface area contributed by atoms with Crippen molar-refractivity contribution < 1.29 is 18.7 Å². The van der Waals surface area contributed by atoms with Crippen LogP contribution in [0.3, 0.4) is 0 Å². The fourth-order valence-electron chi connectivity index (χ4n) is 5.98. The summed E-state index contributed by atoms with van der Waals surface area (Å²) in [4.78, 5) is 17.6. The average molecular weight is 511 g/mol. The zero-order valence-electron chi connectivity index (χ0n) is 21.3. The van der Waals surface area contributed by atoms with Crippen molar-refractivity contribution >= 4 is 11.6 Å². The smallest absolute Gasteiger partial charge is 0.335 e. The van der Waals surface area contributed by atoms with Crippen LogP contribution in [0, 0.1) is 11.6 Å². The van der Waals surface area contributed by atoms with Crippen molar-refractivity contribution in [3.8, 4) is 0 Å². The maximum atomic E-state index is 13.6. The second kappa shape index (κ2) is 11.7. The third-order valence-corrected chi connectivity index (χ3v) is 7.88. The summed E-state index contributed by atoms with van der Waals surface area (Å²) in [7, 11) is 0. The summed E-state index contributed by atoms with van der Waals surface area (Å²) in [5.41, 5.74) is 4.20. The Kier molecular flexibility index (Phi) is 8.17. The monoisotopic (exact) mass is 510 g/mol. The second-order valence-electron chi connectivity index (χ2n) is 10.1. The van der Waals surface area contributed by atoms with E-state index in [2.05, 4.69) is 9.91 Å². The van der Waals surface area contributed by atoms with Crippen molar-refractivity contribution in [2.75, 3.05) is 45.9 Å². The number of rotatable bonds is 7. The van der Waals surface area contributed by atoms with Gasteiger partial charge in [0.15, 0.2) is 0 Å². The maximum Gasteiger partial charge on any atom is 0.335 e. The molecule has 0 saturated carbocycles. The lowest BCUT2D eigenvalue weighted by Gasteiger charge is -2.34. The van der Waals surface area contributed by atoms with Crippen LogP contribution in [0.4, 0.5) is 13.6 Å². The molecule has 2 aromatic carbocycles. The summed E-state index contributed by atoms with van der Waals surface area (Å²) < 4.78 is 27.2. The molecule has 1 atom stereocenters. The Morgan fingerprint density at radius 1 is 0.811 bits per heavy atom. The van der Waals surface area contributed by atoms with Crippen LogP contribution in [-0.2, 0) is 0 Å². The van der Waals surface area contributed by atoms with Gasteiger partial charge in [0.25, 0.3) is 0 Å². The first-order valence-corrected chi connectivity index (χ1v) is 13.5. The van der Waals surface area contributed by atoms with Gasteiger partial charge in [-0.1, -0.05) is 36.3 Å². The van der Waals surface area contributed by atoms with Crippen molar-refractivity contribution in [1.29, 1.82) is 0 Å². The van der Waals surface area contributed by atoms with Crippen LogP contribution in [-0.4, -0.2) is 83.0 Å². The van der Waals surface area contributed by atoms with Crippen molar-refractivity contribution in [1.82, 2.24) is 19.8 Å². The number of hydrazine groups is 1.